The summed E-state index contributed by atoms with van der Waals surface area (Å²) in [6.07, 6.45) is 0. The van der Waals surface area contributed by atoms with Gasteiger partial charge in [0.1, 0.15) is 0 Å². The Morgan fingerprint density at radius 3 is 1.55 bits per heavy atom. The molecule has 0 atom stereocenters. The molecule has 0 N–H and O–H groups in total. The van der Waals surface area contributed by atoms with E-state index >= 15 is 0 Å². The van der Waals surface area contributed by atoms with Crippen LogP contribution in [0.5, 0.6) is 0 Å². The summed E-state index contributed by atoms with van der Waals surface area (Å²) in [6, 6.07) is 73.6. The molecule has 2 nitrogen and oxygen atoms in total. The van der Waals surface area contributed by atoms with Crippen molar-refractivity contribution in [1.29, 1.82) is 0 Å². The summed E-state index contributed by atoms with van der Waals surface area (Å²) in [4.78, 5) is 10.4. The lowest BCUT2D eigenvalue weighted by Gasteiger charge is -2.16. The quantitative estimate of drug-likeness (QED) is 0.164. The molecule has 2 aromatic heterocycles. The van der Waals surface area contributed by atoms with E-state index in [2.05, 4.69) is 182 Å². The molecule has 0 fully saturated rings. The number of rotatable bonds is 7. The smallest absolute Gasteiger partial charge is 0.160 e. The normalized spacial score (nSPS) is 11.3. The largest absolute Gasteiger partial charge is 0.228 e. The average molecular weight is 719 g/mol. The van der Waals surface area contributed by atoms with Crippen molar-refractivity contribution in [3.05, 3.63) is 206 Å². The third-order valence-electron chi connectivity index (χ3n) is 10.3. The lowest BCUT2D eigenvalue weighted by atomic mass is 9.89. The lowest BCUT2D eigenvalue weighted by Crippen LogP contribution is -1.96. The number of fused-ring (bicyclic) bond motifs is 3. The number of hydrogen-bond donors (Lipinski definition) is 0. The fraction of sp³-hybridized carbons (Fsp3) is 0. The fourth-order valence-corrected chi connectivity index (χ4v) is 8.64. The molecule has 0 spiro atoms. The molecule has 10 aromatic rings. The molecular weight excluding hydrogens is 685 g/mol. The van der Waals surface area contributed by atoms with Gasteiger partial charge in [-0.15, -0.1) is 11.3 Å². The highest BCUT2D eigenvalue weighted by atomic mass is 32.1. The van der Waals surface area contributed by atoms with E-state index < -0.39 is 0 Å². The van der Waals surface area contributed by atoms with Gasteiger partial charge in [0, 0.05) is 36.9 Å². The molecule has 10 rings (SSSR count). The maximum absolute atomic E-state index is 5.27. The van der Waals surface area contributed by atoms with Gasteiger partial charge in [0.2, 0.25) is 0 Å². The Bertz CT molecular complexity index is 2910. The Hall–Kier alpha value is -6.94. The van der Waals surface area contributed by atoms with E-state index in [1.165, 1.54) is 53.6 Å². The molecule has 0 saturated heterocycles. The van der Waals surface area contributed by atoms with E-state index in [4.69, 9.17) is 9.97 Å². The second-order valence-corrected chi connectivity index (χ2v) is 14.9. The number of hydrogen-bond acceptors (Lipinski definition) is 3. The fourth-order valence-electron chi connectivity index (χ4n) is 7.55. The Labute approximate surface area is 324 Å². The van der Waals surface area contributed by atoms with Crippen molar-refractivity contribution in [3.8, 4) is 78.4 Å². The van der Waals surface area contributed by atoms with E-state index in [0.29, 0.717) is 5.82 Å². The molecule has 0 aliphatic carbocycles. The van der Waals surface area contributed by atoms with Crippen LogP contribution in [0.15, 0.2) is 206 Å². The summed E-state index contributed by atoms with van der Waals surface area (Å²) in [7, 11) is 0. The SMILES string of the molecule is c1ccc(-c2cccc(-c3ccccc3-c3cc(-c4ccc5sc6ccccc6c5c4)cc(-c4cc(-c5ccccc5)nc(-c5ccccc5)n4)c3)c2)cc1. The summed E-state index contributed by atoms with van der Waals surface area (Å²) in [5.41, 5.74) is 14.2. The highest BCUT2D eigenvalue weighted by Gasteiger charge is 2.16. The van der Waals surface area contributed by atoms with Gasteiger partial charge in [0.15, 0.2) is 5.82 Å². The van der Waals surface area contributed by atoms with Crippen molar-refractivity contribution in [2.75, 3.05) is 0 Å². The van der Waals surface area contributed by atoms with Crippen LogP contribution in [0, 0.1) is 0 Å². The van der Waals surface area contributed by atoms with Gasteiger partial charge in [0.25, 0.3) is 0 Å². The molecule has 0 bridgehead atoms. The standard InChI is InChI=1S/C52H34N2S/c1-4-15-35(16-5-1)38-21-14-22-40(29-38)44-23-10-11-24-45(44)42-30-41(39-27-28-51-47(33-39)46-25-12-13-26-50(46)55-51)31-43(32-42)49-34-48(36-17-6-2-7-18-36)53-52(54-49)37-19-8-3-9-20-37/h1-34H. The van der Waals surface area contributed by atoms with Crippen LogP contribution in [0.3, 0.4) is 0 Å². The molecule has 8 aromatic carbocycles. The van der Waals surface area contributed by atoms with Gasteiger partial charge in [-0.1, -0.05) is 158 Å². The van der Waals surface area contributed by atoms with Crippen molar-refractivity contribution in [2.45, 2.75) is 0 Å². The molecule has 55 heavy (non-hydrogen) atoms. The predicted molar refractivity (Wildman–Crippen MR) is 233 cm³/mol. The maximum Gasteiger partial charge on any atom is 0.160 e. The van der Waals surface area contributed by atoms with Crippen molar-refractivity contribution in [1.82, 2.24) is 9.97 Å². The second kappa shape index (κ2) is 14.1. The molecule has 0 aliphatic heterocycles. The van der Waals surface area contributed by atoms with E-state index in [1.54, 1.807) is 0 Å². The molecule has 0 radical (unpaired) electrons. The van der Waals surface area contributed by atoms with Gasteiger partial charge < -0.3 is 0 Å². The molecule has 3 heteroatoms. The number of thiophene rings is 1. The Morgan fingerprint density at radius 1 is 0.273 bits per heavy atom. The zero-order valence-corrected chi connectivity index (χ0v) is 30.7. The van der Waals surface area contributed by atoms with Gasteiger partial charge in [-0.2, -0.15) is 0 Å². The number of aromatic nitrogens is 2. The van der Waals surface area contributed by atoms with E-state index in [0.717, 1.165) is 39.2 Å². The van der Waals surface area contributed by atoms with Crippen LogP contribution in [-0.2, 0) is 0 Å². The second-order valence-electron chi connectivity index (χ2n) is 13.8. The summed E-state index contributed by atoms with van der Waals surface area (Å²) < 4.78 is 2.60. The first-order valence-electron chi connectivity index (χ1n) is 18.6. The Kier molecular flexibility index (Phi) is 8.40. The summed E-state index contributed by atoms with van der Waals surface area (Å²) >= 11 is 1.85. The zero-order chi connectivity index (χ0) is 36.6. The van der Waals surface area contributed by atoms with E-state index in [1.807, 2.05) is 35.6 Å². The van der Waals surface area contributed by atoms with Crippen LogP contribution < -0.4 is 0 Å². The molecule has 0 amide bonds. The zero-order valence-electron chi connectivity index (χ0n) is 29.9. The molecule has 2 heterocycles. The third kappa shape index (κ3) is 6.41. The highest BCUT2D eigenvalue weighted by Crippen LogP contribution is 2.41. The van der Waals surface area contributed by atoms with Gasteiger partial charge in [-0.3, -0.25) is 0 Å². The monoisotopic (exact) mass is 718 g/mol. The van der Waals surface area contributed by atoms with Gasteiger partial charge >= 0.3 is 0 Å². The number of benzene rings is 8. The van der Waals surface area contributed by atoms with Crippen LogP contribution >= 0.6 is 11.3 Å². The first-order chi connectivity index (χ1) is 27.2. The molecule has 0 saturated carbocycles. The summed E-state index contributed by atoms with van der Waals surface area (Å²) in [5, 5.41) is 2.57. The summed E-state index contributed by atoms with van der Waals surface area (Å²) in [5.74, 6) is 0.702. The van der Waals surface area contributed by atoms with Gasteiger partial charge in [-0.25, -0.2) is 9.97 Å². The van der Waals surface area contributed by atoms with Crippen LogP contribution in [0.4, 0.5) is 0 Å². The van der Waals surface area contributed by atoms with Crippen molar-refractivity contribution in [3.63, 3.8) is 0 Å². The molecule has 0 aliphatic rings. The predicted octanol–water partition coefficient (Wildman–Crippen LogP) is 14.5. The topological polar surface area (TPSA) is 25.8 Å². The minimum atomic E-state index is 0.702. The highest BCUT2D eigenvalue weighted by molar-refractivity contribution is 7.25. The lowest BCUT2D eigenvalue weighted by molar-refractivity contribution is 1.18. The minimum absolute atomic E-state index is 0.702. The molecular formula is C52H34N2S. The Morgan fingerprint density at radius 2 is 0.782 bits per heavy atom. The van der Waals surface area contributed by atoms with Crippen LogP contribution in [0.1, 0.15) is 0 Å². The first kappa shape index (κ1) is 32.7. The van der Waals surface area contributed by atoms with Crippen LogP contribution in [0.2, 0.25) is 0 Å². The van der Waals surface area contributed by atoms with Crippen LogP contribution in [-0.4, -0.2) is 9.97 Å². The van der Waals surface area contributed by atoms with Gasteiger partial charge in [0.05, 0.1) is 11.4 Å². The third-order valence-corrected chi connectivity index (χ3v) is 11.4. The van der Waals surface area contributed by atoms with Gasteiger partial charge in [-0.05, 0) is 93.0 Å². The molecule has 0 unspecified atom stereocenters. The van der Waals surface area contributed by atoms with Crippen LogP contribution in [0.25, 0.3) is 98.6 Å². The van der Waals surface area contributed by atoms with Crippen molar-refractivity contribution >= 4 is 31.5 Å². The average Bonchev–Trinajstić information content (AvgIpc) is 3.65. The summed E-state index contributed by atoms with van der Waals surface area (Å²) in [6.45, 7) is 0. The molecule has 258 valence electrons. The maximum atomic E-state index is 5.27. The first-order valence-corrected chi connectivity index (χ1v) is 19.4. The van der Waals surface area contributed by atoms with Crippen molar-refractivity contribution in [2.24, 2.45) is 0 Å². The Balaban J connectivity index is 1.20. The number of nitrogens with zero attached hydrogens (tertiary/aromatic N) is 2. The van der Waals surface area contributed by atoms with E-state index in [-0.39, 0.29) is 0 Å². The van der Waals surface area contributed by atoms with Crippen molar-refractivity contribution < 1.29 is 0 Å². The van der Waals surface area contributed by atoms with E-state index in [9.17, 15) is 0 Å². The minimum Gasteiger partial charge on any atom is -0.228 e.